The van der Waals surface area contributed by atoms with Gasteiger partial charge in [0.15, 0.2) is 6.10 Å². The van der Waals surface area contributed by atoms with Crippen molar-refractivity contribution in [2.75, 3.05) is 0 Å². The monoisotopic (exact) mass is 291 g/mol. The van der Waals surface area contributed by atoms with Crippen LogP contribution < -0.4 is 0 Å². The van der Waals surface area contributed by atoms with Crippen molar-refractivity contribution in [1.29, 1.82) is 0 Å². The molecule has 2 aromatic carbocycles. The lowest BCUT2D eigenvalue weighted by molar-refractivity contribution is -0.206. The van der Waals surface area contributed by atoms with E-state index in [9.17, 15) is 18.3 Å². The van der Waals surface area contributed by atoms with Gasteiger partial charge >= 0.3 is 6.18 Å². The Morgan fingerprint density at radius 2 is 1.52 bits per heavy atom. The van der Waals surface area contributed by atoms with Crippen LogP contribution in [0.5, 0.6) is 0 Å². The number of halogens is 3. The zero-order valence-electron chi connectivity index (χ0n) is 10.9. The van der Waals surface area contributed by atoms with Gasteiger partial charge in [-0.05, 0) is 11.6 Å². The highest BCUT2D eigenvalue weighted by Crippen LogP contribution is 2.41. The molecule has 0 saturated carbocycles. The molecule has 3 rings (SSSR count). The summed E-state index contributed by atoms with van der Waals surface area (Å²) in [5.74, 6) is 0. The van der Waals surface area contributed by atoms with Crippen molar-refractivity contribution in [2.45, 2.75) is 12.3 Å². The molecule has 5 heteroatoms. The smallest absolute Gasteiger partial charge is 0.379 e. The van der Waals surface area contributed by atoms with Gasteiger partial charge in [0, 0.05) is 16.5 Å². The van der Waals surface area contributed by atoms with Gasteiger partial charge in [0.2, 0.25) is 0 Å². The molecule has 108 valence electrons. The summed E-state index contributed by atoms with van der Waals surface area (Å²) in [5, 5.41) is 10.1. The molecule has 1 unspecified atom stereocenters. The van der Waals surface area contributed by atoms with Gasteiger partial charge in [-0.25, -0.2) is 0 Å². The van der Waals surface area contributed by atoms with Crippen molar-refractivity contribution in [3.8, 4) is 11.3 Å². The van der Waals surface area contributed by atoms with Crippen molar-refractivity contribution in [1.82, 2.24) is 4.98 Å². The second-order valence-corrected chi connectivity index (χ2v) is 4.77. The minimum Gasteiger partial charge on any atom is -0.379 e. The van der Waals surface area contributed by atoms with Gasteiger partial charge in [-0.1, -0.05) is 48.5 Å². The Morgan fingerprint density at radius 3 is 2.19 bits per heavy atom. The van der Waals surface area contributed by atoms with Crippen LogP contribution in [0.2, 0.25) is 0 Å². The highest BCUT2D eigenvalue weighted by Gasteiger charge is 2.42. The Hall–Kier alpha value is -2.27. The first-order valence-corrected chi connectivity index (χ1v) is 6.39. The predicted octanol–water partition coefficient (Wildman–Crippen LogP) is 4.43. The summed E-state index contributed by atoms with van der Waals surface area (Å²) in [7, 11) is 0. The first-order valence-electron chi connectivity index (χ1n) is 6.39. The lowest BCUT2D eigenvalue weighted by Gasteiger charge is -2.16. The van der Waals surface area contributed by atoms with Gasteiger partial charge in [0.25, 0.3) is 0 Å². The maximum atomic E-state index is 13.0. The summed E-state index contributed by atoms with van der Waals surface area (Å²) < 4.78 is 38.9. The van der Waals surface area contributed by atoms with Crippen molar-refractivity contribution in [3.05, 3.63) is 60.2 Å². The molecule has 0 radical (unpaired) electrons. The minimum atomic E-state index is -4.71. The molecule has 0 fully saturated rings. The third-order valence-corrected chi connectivity index (χ3v) is 3.39. The second kappa shape index (κ2) is 4.93. The number of rotatable bonds is 2. The summed E-state index contributed by atoms with van der Waals surface area (Å²) in [5.41, 5.74) is 1.33. The van der Waals surface area contributed by atoms with E-state index < -0.39 is 12.3 Å². The Morgan fingerprint density at radius 1 is 0.905 bits per heavy atom. The van der Waals surface area contributed by atoms with E-state index in [-0.39, 0.29) is 5.56 Å². The third kappa shape index (κ3) is 2.40. The topological polar surface area (TPSA) is 36.0 Å². The number of fused-ring (bicyclic) bond motifs is 1. The molecular weight excluding hydrogens is 279 g/mol. The SMILES string of the molecule is OC(c1c(-c2ccccc2)[nH]c2ccccc12)C(F)(F)F. The van der Waals surface area contributed by atoms with Gasteiger partial charge in [-0.3, -0.25) is 0 Å². The van der Waals surface area contributed by atoms with Gasteiger partial charge < -0.3 is 10.1 Å². The number of aliphatic hydroxyl groups excluding tert-OH is 1. The number of aliphatic hydroxyl groups is 1. The molecule has 1 aromatic heterocycles. The Balaban J connectivity index is 2.29. The molecule has 1 heterocycles. The zero-order valence-corrected chi connectivity index (χ0v) is 10.9. The van der Waals surface area contributed by atoms with E-state index in [1.165, 1.54) is 0 Å². The van der Waals surface area contributed by atoms with Gasteiger partial charge in [-0.2, -0.15) is 13.2 Å². The highest BCUT2D eigenvalue weighted by molar-refractivity contribution is 5.91. The molecule has 0 bridgehead atoms. The Kier molecular flexibility index (Phi) is 3.22. The van der Waals surface area contributed by atoms with Crippen molar-refractivity contribution >= 4 is 10.9 Å². The molecule has 2 nitrogen and oxygen atoms in total. The predicted molar refractivity (Wildman–Crippen MR) is 74.7 cm³/mol. The van der Waals surface area contributed by atoms with E-state index in [0.29, 0.717) is 22.2 Å². The molecule has 2 N–H and O–H groups in total. The van der Waals surface area contributed by atoms with Gasteiger partial charge in [-0.15, -0.1) is 0 Å². The number of para-hydroxylation sites is 1. The molecule has 1 atom stereocenters. The average molecular weight is 291 g/mol. The van der Waals surface area contributed by atoms with Crippen molar-refractivity contribution in [3.63, 3.8) is 0 Å². The molecule has 3 aromatic rings. The fourth-order valence-electron chi connectivity index (χ4n) is 2.44. The summed E-state index contributed by atoms with van der Waals surface area (Å²) in [6.45, 7) is 0. The highest BCUT2D eigenvalue weighted by atomic mass is 19.4. The standard InChI is InChI=1S/C16H12F3NO/c17-16(18,19)15(21)13-11-8-4-5-9-12(11)20-14(13)10-6-2-1-3-7-10/h1-9,15,20-21H. The average Bonchev–Trinajstić information content (AvgIpc) is 2.85. The van der Waals surface area contributed by atoms with E-state index in [2.05, 4.69) is 4.98 Å². The number of hydrogen-bond donors (Lipinski definition) is 2. The van der Waals surface area contributed by atoms with E-state index in [4.69, 9.17) is 0 Å². The number of hydrogen-bond acceptors (Lipinski definition) is 1. The summed E-state index contributed by atoms with van der Waals surface area (Å²) >= 11 is 0. The maximum Gasteiger partial charge on any atom is 0.418 e. The van der Waals surface area contributed by atoms with E-state index in [0.717, 1.165) is 0 Å². The number of alkyl halides is 3. The number of benzene rings is 2. The van der Waals surface area contributed by atoms with Crippen LogP contribution in [0.15, 0.2) is 54.6 Å². The van der Waals surface area contributed by atoms with Crippen LogP contribution in [-0.2, 0) is 0 Å². The third-order valence-electron chi connectivity index (χ3n) is 3.39. The molecule has 0 spiro atoms. The van der Waals surface area contributed by atoms with Crippen LogP contribution >= 0.6 is 0 Å². The van der Waals surface area contributed by atoms with E-state index >= 15 is 0 Å². The molecular formula is C16H12F3NO. The fourth-order valence-corrected chi connectivity index (χ4v) is 2.44. The van der Waals surface area contributed by atoms with Gasteiger partial charge in [0.1, 0.15) is 0 Å². The summed E-state index contributed by atoms with van der Waals surface area (Å²) in [4.78, 5) is 2.97. The Labute approximate surface area is 118 Å². The summed E-state index contributed by atoms with van der Waals surface area (Å²) in [6, 6.07) is 15.3. The van der Waals surface area contributed by atoms with E-state index in [1.54, 1.807) is 54.6 Å². The Bertz CT molecular complexity index is 762. The van der Waals surface area contributed by atoms with Crippen molar-refractivity contribution < 1.29 is 18.3 Å². The van der Waals surface area contributed by atoms with Crippen LogP contribution in [0.25, 0.3) is 22.2 Å². The fraction of sp³-hybridized carbons (Fsp3) is 0.125. The van der Waals surface area contributed by atoms with Crippen LogP contribution in [0.4, 0.5) is 13.2 Å². The second-order valence-electron chi connectivity index (χ2n) is 4.77. The lowest BCUT2D eigenvalue weighted by atomic mass is 10.0. The summed E-state index contributed by atoms with van der Waals surface area (Å²) in [6.07, 6.45) is -7.24. The van der Waals surface area contributed by atoms with Crippen LogP contribution in [0, 0.1) is 0 Å². The van der Waals surface area contributed by atoms with Crippen molar-refractivity contribution in [2.24, 2.45) is 0 Å². The molecule has 0 saturated heterocycles. The van der Waals surface area contributed by atoms with Gasteiger partial charge in [0.05, 0.1) is 5.69 Å². The van der Waals surface area contributed by atoms with E-state index in [1.807, 2.05) is 0 Å². The maximum absolute atomic E-state index is 13.0. The molecule has 0 amide bonds. The van der Waals surface area contributed by atoms with Crippen LogP contribution in [0.3, 0.4) is 0 Å². The number of nitrogens with one attached hydrogen (secondary N) is 1. The molecule has 21 heavy (non-hydrogen) atoms. The molecule has 0 aliphatic heterocycles. The van der Waals surface area contributed by atoms with Crippen LogP contribution in [-0.4, -0.2) is 16.3 Å². The number of aromatic nitrogens is 1. The largest absolute Gasteiger partial charge is 0.418 e. The first-order chi connectivity index (χ1) is 9.98. The number of aromatic amines is 1. The quantitative estimate of drug-likeness (QED) is 0.720. The van der Waals surface area contributed by atoms with Crippen LogP contribution in [0.1, 0.15) is 11.7 Å². The zero-order chi connectivity index (χ0) is 15.0. The first kappa shape index (κ1) is 13.7. The number of H-pyrrole nitrogens is 1. The minimum absolute atomic E-state index is 0.135. The normalized spacial score (nSPS) is 13.5. The lowest BCUT2D eigenvalue weighted by Crippen LogP contribution is -2.20. The molecule has 0 aliphatic rings. The molecule has 0 aliphatic carbocycles.